The van der Waals surface area contributed by atoms with Gasteiger partial charge in [-0.3, -0.25) is 0 Å². The molecule has 104 valence electrons. The Morgan fingerprint density at radius 1 is 1.47 bits per heavy atom. The molecular formula is C14H21N3O2. The van der Waals surface area contributed by atoms with Crippen molar-refractivity contribution >= 4 is 5.96 Å². The Morgan fingerprint density at radius 2 is 2.42 bits per heavy atom. The van der Waals surface area contributed by atoms with Crippen LogP contribution < -0.4 is 10.6 Å². The van der Waals surface area contributed by atoms with Crippen LogP contribution in [-0.2, 0) is 11.3 Å². The molecule has 0 aromatic carbocycles. The molecule has 5 heteroatoms. The van der Waals surface area contributed by atoms with Crippen LogP contribution in [0.4, 0.5) is 0 Å². The Bertz CT molecular complexity index is 430. The summed E-state index contributed by atoms with van der Waals surface area (Å²) in [6.07, 6.45) is 5.96. The van der Waals surface area contributed by atoms with Crippen LogP contribution in [-0.4, -0.2) is 30.8 Å². The number of guanidine groups is 1. The van der Waals surface area contributed by atoms with E-state index in [4.69, 9.17) is 9.15 Å². The molecule has 2 N–H and O–H groups in total. The highest BCUT2D eigenvalue weighted by molar-refractivity contribution is 5.80. The monoisotopic (exact) mass is 263 g/mol. The minimum absolute atomic E-state index is 0.359. The summed E-state index contributed by atoms with van der Waals surface area (Å²) in [7, 11) is 0. The van der Waals surface area contributed by atoms with Gasteiger partial charge in [0.1, 0.15) is 12.3 Å². The van der Waals surface area contributed by atoms with E-state index in [0.717, 1.165) is 24.7 Å². The molecule has 3 atom stereocenters. The van der Waals surface area contributed by atoms with Gasteiger partial charge in [0.05, 0.1) is 24.5 Å². The lowest BCUT2D eigenvalue weighted by Gasteiger charge is -2.22. The van der Waals surface area contributed by atoms with Gasteiger partial charge >= 0.3 is 0 Å². The molecule has 0 saturated carbocycles. The lowest BCUT2D eigenvalue weighted by molar-refractivity contribution is 0.0992. The van der Waals surface area contributed by atoms with Gasteiger partial charge in [0.15, 0.2) is 5.96 Å². The molecule has 2 aliphatic rings. The number of hydrogen-bond acceptors (Lipinski definition) is 3. The van der Waals surface area contributed by atoms with Gasteiger partial charge in [-0.2, -0.15) is 0 Å². The average Bonchev–Trinajstić information content (AvgIpc) is 3.13. The fourth-order valence-electron chi connectivity index (χ4n) is 2.84. The van der Waals surface area contributed by atoms with E-state index in [1.807, 2.05) is 12.1 Å². The third-order valence-corrected chi connectivity index (χ3v) is 3.75. The van der Waals surface area contributed by atoms with Crippen LogP contribution in [0, 0.1) is 0 Å². The summed E-state index contributed by atoms with van der Waals surface area (Å²) < 4.78 is 11.1. The molecule has 0 amide bonds. The van der Waals surface area contributed by atoms with E-state index in [1.165, 1.54) is 12.8 Å². The van der Waals surface area contributed by atoms with Gasteiger partial charge < -0.3 is 19.8 Å². The van der Waals surface area contributed by atoms with Gasteiger partial charge in [-0.05, 0) is 38.3 Å². The van der Waals surface area contributed by atoms with Crippen molar-refractivity contribution in [3.05, 3.63) is 24.2 Å². The molecule has 2 bridgehead atoms. The van der Waals surface area contributed by atoms with E-state index in [2.05, 4.69) is 22.5 Å². The van der Waals surface area contributed by atoms with E-state index in [-0.39, 0.29) is 0 Å². The van der Waals surface area contributed by atoms with Crippen molar-refractivity contribution in [3.63, 3.8) is 0 Å². The molecule has 1 aromatic heterocycles. The maximum atomic E-state index is 5.85. The number of hydrogen-bond donors (Lipinski definition) is 2. The molecule has 0 radical (unpaired) electrons. The second kappa shape index (κ2) is 5.65. The SMILES string of the molecule is CCNC(=NCc1ccco1)NC1CC2CCC1O2. The highest BCUT2D eigenvalue weighted by Gasteiger charge is 2.41. The second-order valence-corrected chi connectivity index (χ2v) is 5.13. The summed E-state index contributed by atoms with van der Waals surface area (Å²) in [5.41, 5.74) is 0. The van der Waals surface area contributed by atoms with Gasteiger partial charge in [-0.25, -0.2) is 4.99 Å². The lowest BCUT2D eigenvalue weighted by atomic mass is 9.96. The first kappa shape index (κ1) is 12.5. The normalized spacial score (nSPS) is 29.7. The first-order valence-corrected chi connectivity index (χ1v) is 7.08. The van der Waals surface area contributed by atoms with Crippen molar-refractivity contribution in [1.29, 1.82) is 0 Å². The van der Waals surface area contributed by atoms with E-state index >= 15 is 0 Å². The maximum absolute atomic E-state index is 5.85. The summed E-state index contributed by atoms with van der Waals surface area (Å²) >= 11 is 0. The summed E-state index contributed by atoms with van der Waals surface area (Å²) in [6, 6.07) is 4.22. The number of nitrogens with one attached hydrogen (secondary N) is 2. The molecule has 1 aromatic rings. The van der Waals surface area contributed by atoms with Gasteiger partial charge in [0.25, 0.3) is 0 Å². The van der Waals surface area contributed by atoms with E-state index in [0.29, 0.717) is 24.8 Å². The van der Waals surface area contributed by atoms with E-state index in [1.54, 1.807) is 6.26 Å². The van der Waals surface area contributed by atoms with Crippen LogP contribution >= 0.6 is 0 Å². The molecular weight excluding hydrogens is 242 g/mol. The van der Waals surface area contributed by atoms with Crippen molar-refractivity contribution in [2.24, 2.45) is 4.99 Å². The standard InChI is InChI=1S/C14H21N3O2/c1-2-15-14(16-9-11-4-3-7-18-11)17-12-8-10-5-6-13(12)19-10/h3-4,7,10,12-13H,2,5-6,8-9H2,1H3,(H2,15,16,17). The third kappa shape index (κ3) is 2.92. The highest BCUT2D eigenvalue weighted by atomic mass is 16.5. The summed E-state index contributed by atoms with van der Waals surface area (Å²) in [4.78, 5) is 4.55. The number of nitrogens with zero attached hydrogens (tertiary/aromatic N) is 1. The van der Waals surface area contributed by atoms with Crippen LogP contribution in [0.2, 0.25) is 0 Å². The Hall–Kier alpha value is -1.49. The first-order chi connectivity index (χ1) is 9.35. The predicted molar refractivity (Wildman–Crippen MR) is 73.0 cm³/mol. The van der Waals surface area contributed by atoms with Crippen molar-refractivity contribution in [2.45, 2.75) is 51.0 Å². The number of fused-ring (bicyclic) bond motifs is 2. The van der Waals surface area contributed by atoms with E-state index < -0.39 is 0 Å². The lowest BCUT2D eigenvalue weighted by Crippen LogP contribution is -2.47. The van der Waals surface area contributed by atoms with Crippen molar-refractivity contribution < 1.29 is 9.15 Å². The fraction of sp³-hybridized carbons (Fsp3) is 0.643. The predicted octanol–water partition coefficient (Wildman–Crippen LogP) is 1.65. The molecule has 0 spiro atoms. The largest absolute Gasteiger partial charge is 0.467 e. The van der Waals surface area contributed by atoms with Crippen molar-refractivity contribution in [2.75, 3.05) is 6.54 Å². The number of rotatable bonds is 4. The van der Waals surface area contributed by atoms with Gasteiger partial charge in [0.2, 0.25) is 0 Å². The summed E-state index contributed by atoms with van der Waals surface area (Å²) in [5.74, 6) is 1.72. The number of aliphatic imine (C=N–C) groups is 1. The Morgan fingerprint density at radius 3 is 3.05 bits per heavy atom. The summed E-state index contributed by atoms with van der Waals surface area (Å²) in [5, 5.41) is 6.76. The second-order valence-electron chi connectivity index (χ2n) is 5.13. The molecule has 19 heavy (non-hydrogen) atoms. The molecule has 3 heterocycles. The molecule has 3 unspecified atom stereocenters. The molecule has 0 aliphatic carbocycles. The molecule has 5 nitrogen and oxygen atoms in total. The minimum Gasteiger partial charge on any atom is -0.467 e. The third-order valence-electron chi connectivity index (χ3n) is 3.75. The first-order valence-electron chi connectivity index (χ1n) is 7.08. The molecule has 3 rings (SSSR count). The maximum Gasteiger partial charge on any atom is 0.192 e. The topological polar surface area (TPSA) is 58.8 Å². The minimum atomic E-state index is 0.359. The smallest absolute Gasteiger partial charge is 0.192 e. The van der Waals surface area contributed by atoms with Crippen molar-refractivity contribution in [1.82, 2.24) is 10.6 Å². The Labute approximate surface area is 113 Å². The fourth-order valence-corrected chi connectivity index (χ4v) is 2.84. The van der Waals surface area contributed by atoms with Gasteiger partial charge in [0, 0.05) is 6.54 Å². The number of furan rings is 1. The van der Waals surface area contributed by atoms with Crippen LogP contribution in [0.3, 0.4) is 0 Å². The summed E-state index contributed by atoms with van der Waals surface area (Å²) in [6.45, 7) is 3.48. The van der Waals surface area contributed by atoms with E-state index in [9.17, 15) is 0 Å². The molecule has 2 fully saturated rings. The zero-order valence-electron chi connectivity index (χ0n) is 11.3. The average molecular weight is 263 g/mol. The van der Waals surface area contributed by atoms with Crippen LogP contribution in [0.25, 0.3) is 0 Å². The Kier molecular flexibility index (Phi) is 3.73. The van der Waals surface area contributed by atoms with Crippen LogP contribution in [0.1, 0.15) is 31.9 Å². The molecule has 2 aliphatic heterocycles. The van der Waals surface area contributed by atoms with Gasteiger partial charge in [-0.1, -0.05) is 0 Å². The quantitative estimate of drug-likeness (QED) is 0.640. The van der Waals surface area contributed by atoms with Crippen LogP contribution in [0.5, 0.6) is 0 Å². The zero-order chi connectivity index (χ0) is 13.1. The zero-order valence-corrected chi connectivity index (χ0v) is 11.3. The van der Waals surface area contributed by atoms with Crippen LogP contribution in [0.15, 0.2) is 27.8 Å². The number of ether oxygens (including phenoxy) is 1. The molecule has 2 saturated heterocycles. The van der Waals surface area contributed by atoms with Gasteiger partial charge in [-0.15, -0.1) is 0 Å². The highest BCUT2D eigenvalue weighted by Crippen LogP contribution is 2.34. The van der Waals surface area contributed by atoms with Crippen molar-refractivity contribution in [3.8, 4) is 0 Å². The Balaban J connectivity index is 1.59.